The first-order chi connectivity index (χ1) is 8.65. The predicted octanol–water partition coefficient (Wildman–Crippen LogP) is 1.53. The van der Waals surface area contributed by atoms with Gasteiger partial charge >= 0.3 is 5.97 Å². The molecule has 0 spiro atoms. The van der Waals surface area contributed by atoms with E-state index in [0.29, 0.717) is 6.04 Å². The van der Waals surface area contributed by atoms with Gasteiger partial charge in [0.1, 0.15) is 0 Å². The number of ether oxygens (including phenoxy) is 1. The number of carboxylic acids is 1. The zero-order valence-electron chi connectivity index (χ0n) is 10.6. The molecule has 1 saturated heterocycles. The van der Waals surface area contributed by atoms with Crippen LogP contribution in [0, 0.1) is 0 Å². The third-order valence-electron chi connectivity index (χ3n) is 3.27. The van der Waals surface area contributed by atoms with E-state index in [4.69, 9.17) is 9.84 Å². The Morgan fingerprint density at radius 1 is 1.39 bits per heavy atom. The van der Waals surface area contributed by atoms with Crippen LogP contribution in [0.1, 0.15) is 18.1 Å². The maximum atomic E-state index is 10.6. The van der Waals surface area contributed by atoms with Crippen molar-refractivity contribution in [3.8, 4) is 0 Å². The SMILES string of the molecule is CC1COCCN1Cc1ccc(CC(=O)O)cc1. The Morgan fingerprint density at radius 3 is 2.67 bits per heavy atom. The highest BCUT2D eigenvalue weighted by Gasteiger charge is 2.18. The Kier molecular flexibility index (Phi) is 4.33. The maximum absolute atomic E-state index is 10.6. The number of morpholine rings is 1. The highest BCUT2D eigenvalue weighted by Crippen LogP contribution is 2.13. The predicted molar refractivity (Wildman–Crippen MR) is 68.5 cm³/mol. The lowest BCUT2D eigenvalue weighted by Crippen LogP contribution is -2.42. The van der Waals surface area contributed by atoms with Gasteiger partial charge in [-0.05, 0) is 18.1 Å². The molecule has 1 N–H and O–H groups in total. The largest absolute Gasteiger partial charge is 0.481 e. The maximum Gasteiger partial charge on any atom is 0.307 e. The van der Waals surface area contributed by atoms with Crippen LogP contribution in [-0.2, 0) is 22.5 Å². The van der Waals surface area contributed by atoms with Gasteiger partial charge in [0.15, 0.2) is 0 Å². The molecule has 1 aliphatic rings. The van der Waals surface area contributed by atoms with Gasteiger partial charge in [-0.1, -0.05) is 24.3 Å². The summed E-state index contributed by atoms with van der Waals surface area (Å²) in [5, 5.41) is 8.71. The van der Waals surface area contributed by atoms with E-state index in [1.807, 2.05) is 24.3 Å². The molecule has 0 radical (unpaired) electrons. The fourth-order valence-electron chi connectivity index (χ4n) is 2.17. The van der Waals surface area contributed by atoms with Gasteiger partial charge in [-0.3, -0.25) is 9.69 Å². The Hall–Kier alpha value is -1.39. The fourth-order valence-corrected chi connectivity index (χ4v) is 2.17. The summed E-state index contributed by atoms with van der Waals surface area (Å²) in [5.41, 5.74) is 2.07. The smallest absolute Gasteiger partial charge is 0.307 e. The van der Waals surface area contributed by atoms with Gasteiger partial charge in [-0.15, -0.1) is 0 Å². The molecule has 0 bridgehead atoms. The highest BCUT2D eigenvalue weighted by molar-refractivity contribution is 5.70. The number of hydrogen-bond acceptors (Lipinski definition) is 3. The molecule has 18 heavy (non-hydrogen) atoms. The van der Waals surface area contributed by atoms with Crippen LogP contribution in [0.3, 0.4) is 0 Å². The molecule has 98 valence electrons. The van der Waals surface area contributed by atoms with Crippen molar-refractivity contribution < 1.29 is 14.6 Å². The highest BCUT2D eigenvalue weighted by atomic mass is 16.5. The molecule has 1 aromatic carbocycles. The molecular weight excluding hydrogens is 230 g/mol. The first-order valence-electron chi connectivity index (χ1n) is 6.26. The summed E-state index contributed by atoms with van der Waals surface area (Å²) >= 11 is 0. The molecule has 2 rings (SSSR count). The number of carbonyl (C=O) groups is 1. The molecule has 0 amide bonds. The molecule has 1 aliphatic heterocycles. The summed E-state index contributed by atoms with van der Waals surface area (Å²) in [7, 11) is 0. The molecule has 0 saturated carbocycles. The van der Waals surface area contributed by atoms with Crippen LogP contribution in [0.4, 0.5) is 0 Å². The average Bonchev–Trinajstić information content (AvgIpc) is 2.34. The summed E-state index contributed by atoms with van der Waals surface area (Å²) in [6.45, 7) is 5.60. The fraction of sp³-hybridized carbons (Fsp3) is 0.500. The van der Waals surface area contributed by atoms with Crippen LogP contribution >= 0.6 is 0 Å². The van der Waals surface area contributed by atoms with Crippen LogP contribution in [0.2, 0.25) is 0 Å². The van der Waals surface area contributed by atoms with Crippen LogP contribution in [0.15, 0.2) is 24.3 Å². The van der Waals surface area contributed by atoms with Gasteiger partial charge in [-0.2, -0.15) is 0 Å². The molecule has 1 atom stereocenters. The third-order valence-corrected chi connectivity index (χ3v) is 3.27. The normalized spacial score (nSPS) is 20.8. The van der Waals surface area contributed by atoms with Crippen molar-refractivity contribution in [2.45, 2.75) is 25.9 Å². The second-order valence-electron chi connectivity index (χ2n) is 4.78. The van der Waals surface area contributed by atoms with Crippen LogP contribution < -0.4 is 0 Å². The molecular formula is C14H19NO3. The minimum atomic E-state index is -0.787. The molecule has 1 heterocycles. The molecule has 0 aliphatic carbocycles. The number of benzene rings is 1. The van der Waals surface area contributed by atoms with Gasteiger partial charge in [0.25, 0.3) is 0 Å². The van der Waals surface area contributed by atoms with Crippen molar-refractivity contribution >= 4 is 5.97 Å². The third kappa shape index (κ3) is 3.55. The van der Waals surface area contributed by atoms with Crippen molar-refractivity contribution in [1.29, 1.82) is 0 Å². The van der Waals surface area contributed by atoms with E-state index in [1.54, 1.807) is 0 Å². The molecule has 4 nitrogen and oxygen atoms in total. The molecule has 1 aromatic rings. The van der Waals surface area contributed by atoms with E-state index in [2.05, 4.69) is 11.8 Å². The Balaban J connectivity index is 1.95. The van der Waals surface area contributed by atoms with Gasteiger partial charge in [-0.25, -0.2) is 0 Å². The van der Waals surface area contributed by atoms with Crippen molar-refractivity contribution in [3.05, 3.63) is 35.4 Å². The Morgan fingerprint density at radius 2 is 2.06 bits per heavy atom. The lowest BCUT2D eigenvalue weighted by atomic mass is 10.1. The van der Waals surface area contributed by atoms with E-state index >= 15 is 0 Å². The lowest BCUT2D eigenvalue weighted by molar-refractivity contribution is -0.136. The lowest BCUT2D eigenvalue weighted by Gasteiger charge is -2.33. The number of carboxylic acid groups (broad SMARTS) is 1. The second-order valence-corrected chi connectivity index (χ2v) is 4.78. The van der Waals surface area contributed by atoms with Gasteiger partial charge in [0.2, 0.25) is 0 Å². The summed E-state index contributed by atoms with van der Waals surface area (Å²) in [4.78, 5) is 13.0. The second kappa shape index (κ2) is 5.98. The molecule has 4 heteroatoms. The number of aliphatic carboxylic acids is 1. The van der Waals surface area contributed by atoms with Crippen LogP contribution in [0.25, 0.3) is 0 Å². The quantitative estimate of drug-likeness (QED) is 0.879. The Bertz CT molecular complexity index is 402. The standard InChI is InChI=1S/C14H19NO3/c1-11-10-18-7-6-15(11)9-13-4-2-12(3-5-13)8-14(16)17/h2-5,11H,6-10H2,1H3,(H,16,17). The summed E-state index contributed by atoms with van der Waals surface area (Å²) in [6.07, 6.45) is 0.0915. The minimum Gasteiger partial charge on any atom is -0.481 e. The molecule has 1 fully saturated rings. The van der Waals surface area contributed by atoms with Crippen LogP contribution in [-0.4, -0.2) is 41.8 Å². The van der Waals surface area contributed by atoms with E-state index in [9.17, 15) is 4.79 Å². The van der Waals surface area contributed by atoms with Crippen molar-refractivity contribution in [3.63, 3.8) is 0 Å². The van der Waals surface area contributed by atoms with E-state index in [-0.39, 0.29) is 6.42 Å². The minimum absolute atomic E-state index is 0.0915. The first-order valence-corrected chi connectivity index (χ1v) is 6.26. The van der Waals surface area contributed by atoms with Crippen molar-refractivity contribution in [1.82, 2.24) is 4.90 Å². The van der Waals surface area contributed by atoms with E-state index in [0.717, 1.165) is 31.9 Å². The molecule has 1 unspecified atom stereocenters. The number of hydrogen-bond donors (Lipinski definition) is 1. The zero-order chi connectivity index (χ0) is 13.0. The Labute approximate surface area is 107 Å². The number of nitrogens with zero attached hydrogens (tertiary/aromatic N) is 1. The monoisotopic (exact) mass is 249 g/mol. The van der Waals surface area contributed by atoms with E-state index in [1.165, 1.54) is 5.56 Å². The summed E-state index contributed by atoms with van der Waals surface area (Å²) in [6, 6.07) is 8.27. The van der Waals surface area contributed by atoms with Gasteiger partial charge in [0.05, 0.1) is 19.6 Å². The van der Waals surface area contributed by atoms with Crippen molar-refractivity contribution in [2.75, 3.05) is 19.8 Å². The van der Waals surface area contributed by atoms with Gasteiger partial charge < -0.3 is 9.84 Å². The van der Waals surface area contributed by atoms with E-state index < -0.39 is 5.97 Å². The van der Waals surface area contributed by atoms with Crippen molar-refractivity contribution in [2.24, 2.45) is 0 Å². The number of rotatable bonds is 4. The first kappa shape index (κ1) is 13.1. The topological polar surface area (TPSA) is 49.8 Å². The zero-order valence-corrected chi connectivity index (χ0v) is 10.6. The van der Waals surface area contributed by atoms with Crippen LogP contribution in [0.5, 0.6) is 0 Å². The average molecular weight is 249 g/mol. The summed E-state index contributed by atoms with van der Waals surface area (Å²) in [5.74, 6) is -0.787. The molecule has 0 aromatic heterocycles. The summed E-state index contributed by atoms with van der Waals surface area (Å²) < 4.78 is 5.41. The van der Waals surface area contributed by atoms with Gasteiger partial charge in [0, 0.05) is 19.1 Å².